The van der Waals surface area contributed by atoms with Gasteiger partial charge in [0.1, 0.15) is 0 Å². The molecule has 1 aromatic rings. The second kappa shape index (κ2) is 4.35. The van der Waals surface area contributed by atoms with Crippen LogP contribution >= 0.6 is 0 Å². The summed E-state index contributed by atoms with van der Waals surface area (Å²) in [4.78, 5) is 0. The number of nitrogens with zero attached hydrogens (tertiary/aromatic N) is 2. The molecular weight excluding hydrogens is 186 g/mol. The van der Waals surface area contributed by atoms with E-state index >= 15 is 0 Å². The highest BCUT2D eigenvalue weighted by atomic mass is 15.3. The first-order valence-electron chi connectivity index (χ1n) is 5.98. The van der Waals surface area contributed by atoms with Crippen LogP contribution in [-0.2, 0) is 6.42 Å². The molecule has 1 aliphatic carbocycles. The highest BCUT2D eigenvalue weighted by molar-refractivity contribution is 5.25. The molecule has 3 heteroatoms. The molecule has 0 bridgehead atoms. The molecule has 0 atom stereocenters. The lowest BCUT2D eigenvalue weighted by Gasteiger charge is -2.27. The summed E-state index contributed by atoms with van der Waals surface area (Å²) in [7, 11) is 0. The molecule has 3 nitrogen and oxygen atoms in total. The van der Waals surface area contributed by atoms with Gasteiger partial charge in [-0.25, -0.2) is 0 Å². The van der Waals surface area contributed by atoms with Crippen molar-refractivity contribution in [3.05, 3.63) is 17.0 Å². The average molecular weight is 207 g/mol. The van der Waals surface area contributed by atoms with Crippen LogP contribution < -0.4 is 5.73 Å². The van der Waals surface area contributed by atoms with Crippen LogP contribution in [0.5, 0.6) is 0 Å². The van der Waals surface area contributed by atoms with E-state index < -0.39 is 0 Å². The molecular formula is C12H21N3. The second-order valence-electron chi connectivity index (χ2n) is 4.57. The summed E-state index contributed by atoms with van der Waals surface area (Å²) in [5.74, 6) is 0. The third-order valence-electron chi connectivity index (χ3n) is 3.53. The maximum absolute atomic E-state index is 5.55. The summed E-state index contributed by atoms with van der Waals surface area (Å²) < 4.78 is 2.24. The standard InChI is InChI=1S/C12H21N3/c1-9-12(7-4-8-13)10(2)15(14-9)11-5-3-6-11/h11H,3-8,13H2,1-2H3. The highest BCUT2D eigenvalue weighted by Gasteiger charge is 2.23. The predicted octanol–water partition coefficient (Wildman–Crippen LogP) is 2.12. The van der Waals surface area contributed by atoms with Crippen molar-refractivity contribution in [2.24, 2.45) is 5.73 Å². The molecule has 0 spiro atoms. The third kappa shape index (κ3) is 1.93. The third-order valence-corrected chi connectivity index (χ3v) is 3.53. The minimum absolute atomic E-state index is 0.676. The summed E-state index contributed by atoms with van der Waals surface area (Å²) in [6.45, 7) is 5.09. The second-order valence-corrected chi connectivity index (χ2v) is 4.57. The Kier molecular flexibility index (Phi) is 3.10. The lowest BCUT2D eigenvalue weighted by atomic mass is 9.93. The molecule has 84 valence electrons. The summed E-state index contributed by atoms with van der Waals surface area (Å²) in [5, 5.41) is 4.66. The van der Waals surface area contributed by atoms with Gasteiger partial charge in [0.2, 0.25) is 0 Å². The van der Waals surface area contributed by atoms with Gasteiger partial charge in [-0.2, -0.15) is 5.10 Å². The maximum Gasteiger partial charge on any atom is 0.0628 e. The van der Waals surface area contributed by atoms with Crippen LogP contribution in [0.4, 0.5) is 0 Å². The van der Waals surface area contributed by atoms with Gasteiger partial charge in [0.25, 0.3) is 0 Å². The van der Waals surface area contributed by atoms with E-state index in [4.69, 9.17) is 5.73 Å². The lowest BCUT2D eigenvalue weighted by molar-refractivity contribution is 0.284. The van der Waals surface area contributed by atoms with Gasteiger partial charge in [-0.05, 0) is 58.1 Å². The average Bonchev–Trinajstić information content (AvgIpc) is 2.38. The van der Waals surface area contributed by atoms with Gasteiger partial charge in [-0.15, -0.1) is 0 Å². The van der Waals surface area contributed by atoms with Crippen molar-refractivity contribution in [3.8, 4) is 0 Å². The van der Waals surface area contributed by atoms with Crippen molar-refractivity contribution < 1.29 is 0 Å². The van der Waals surface area contributed by atoms with Crippen LogP contribution in [0, 0.1) is 13.8 Å². The van der Waals surface area contributed by atoms with Gasteiger partial charge in [-0.1, -0.05) is 0 Å². The Morgan fingerprint density at radius 3 is 2.67 bits per heavy atom. The van der Waals surface area contributed by atoms with Crippen LogP contribution in [0.3, 0.4) is 0 Å². The van der Waals surface area contributed by atoms with E-state index in [0.29, 0.717) is 6.04 Å². The maximum atomic E-state index is 5.55. The summed E-state index contributed by atoms with van der Waals surface area (Å²) in [6, 6.07) is 0.676. The fraction of sp³-hybridized carbons (Fsp3) is 0.750. The van der Waals surface area contributed by atoms with Gasteiger partial charge in [-0.3, -0.25) is 4.68 Å². The molecule has 1 heterocycles. The largest absolute Gasteiger partial charge is 0.330 e. The Bertz CT molecular complexity index is 337. The minimum Gasteiger partial charge on any atom is -0.330 e. The Morgan fingerprint density at radius 1 is 1.40 bits per heavy atom. The van der Waals surface area contributed by atoms with E-state index in [-0.39, 0.29) is 0 Å². The molecule has 0 unspecified atom stereocenters. The van der Waals surface area contributed by atoms with E-state index in [0.717, 1.165) is 19.4 Å². The van der Waals surface area contributed by atoms with Gasteiger partial charge in [0, 0.05) is 5.69 Å². The lowest BCUT2D eigenvalue weighted by Crippen LogP contribution is -2.19. The van der Waals surface area contributed by atoms with E-state index in [9.17, 15) is 0 Å². The smallest absolute Gasteiger partial charge is 0.0628 e. The Hall–Kier alpha value is -0.830. The molecule has 15 heavy (non-hydrogen) atoms. The number of hydrogen-bond donors (Lipinski definition) is 1. The van der Waals surface area contributed by atoms with E-state index in [2.05, 4.69) is 23.6 Å². The first-order chi connectivity index (χ1) is 7.24. The van der Waals surface area contributed by atoms with Gasteiger partial charge in [0.05, 0.1) is 11.7 Å². The molecule has 0 radical (unpaired) electrons. The quantitative estimate of drug-likeness (QED) is 0.822. The minimum atomic E-state index is 0.676. The van der Waals surface area contributed by atoms with Gasteiger partial charge >= 0.3 is 0 Å². The van der Waals surface area contributed by atoms with Crippen molar-refractivity contribution >= 4 is 0 Å². The molecule has 2 N–H and O–H groups in total. The van der Waals surface area contributed by atoms with Crippen LogP contribution in [0.1, 0.15) is 48.7 Å². The predicted molar refractivity (Wildman–Crippen MR) is 62.0 cm³/mol. The zero-order chi connectivity index (χ0) is 10.8. The fourth-order valence-corrected chi connectivity index (χ4v) is 2.32. The SMILES string of the molecule is Cc1nn(C2CCC2)c(C)c1CCCN. The summed E-state index contributed by atoms with van der Waals surface area (Å²) in [5.41, 5.74) is 9.54. The Balaban J connectivity index is 2.18. The zero-order valence-electron chi connectivity index (χ0n) is 9.79. The Labute approximate surface area is 91.7 Å². The molecule has 1 aromatic heterocycles. The molecule has 1 saturated carbocycles. The summed E-state index contributed by atoms with van der Waals surface area (Å²) >= 11 is 0. The molecule has 1 fully saturated rings. The molecule has 0 saturated heterocycles. The number of rotatable bonds is 4. The monoisotopic (exact) mass is 207 g/mol. The van der Waals surface area contributed by atoms with E-state index in [1.807, 2.05) is 0 Å². The van der Waals surface area contributed by atoms with E-state index in [1.165, 1.54) is 36.2 Å². The molecule has 1 aliphatic rings. The topological polar surface area (TPSA) is 43.8 Å². The molecule has 2 rings (SSSR count). The Morgan fingerprint density at radius 2 is 2.13 bits per heavy atom. The number of hydrogen-bond acceptors (Lipinski definition) is 2. The molecule has 0 aliphatic heterocycles. The number of aromatic nitrogens is 2. The first kappa shape index (κ1) is 10.7. The van der Waals surface area contributed by atoms with Crippen LogP contribution in [0.25, 0.3) is 0 Å². The van der Waals surface area contributed by atoms with Crippen molar-refractivity contribution in [2.75, 3.05) is 6.54 Å². The van der Waals surface area contributed by atoms with Crippen LogP contribution in [0.15, 0.2) is 0 Å². The number of aryl methyl sites for hydroxylation is 1. The van der Waals surface area contributed by atoms with Crippen molar-refractivity contribution in [1.29, 1.82) is 0 Å². The van der Waals surface area contributed by atoms with Crippen molar-refractivity contribution in [1.82, 2.24) is 9.78 Å². The molecule has 0 amide bonds. The summed E-state index contributed by atoms with van der Waals surface area (Å²) in [6.07, 6.45) is 6.12. The van der Waals surface area contributed by atoms with Gasteiger partial charge in [0.15, 0.2) is 0 Å². The highest BCUT2D eigenvalue weighted by Crippen LogP contribution is 2.33. The zero-order valence-corrected chi connectivity index (χ0v) is 9.79. The van der Waals surface area contributed by atoms with Crippen LogP contribution in [0.2, 0.25) is 0 Å². The molecule has 0 aromatic carbocycles. The van der Waals surface area contributed by atoms with Crippen molar-refractivity contribution in [2.45, 2.75) is 52.0 Å². The fourth-order valence-electron chi connectivity index (χ4n) is 2.32. The van der Waals surface area contributed by atoms with E-state index in [1.54, 1.807) is 0 Å². The normalized spacial score (nSPS) is 16.7. The first-order valence-corrected chi connectivity index (χ1v) is 5.98. The van der Waals surface area contributed by atoms with Crippen molar-refractivity contribution in [3.63, 3.8) is 0 Å². The van der Waals surface area contributed by atoms with Crippen LogP contribution in [-0.4, -0.2) is 16.3 Å². The van der Waals surface area contributed by atoms with Gasteiger partial charge < -0.3 is 5.73 Å². The number of nitrogens with two attached hydrogens (primary N) is 1.